The van der Waals surface area contributed by atoms with E-state index in [9.17, 15) is 4.79 Å². The van der Waals surface area contributed by atoms with E-state index in [1.165, 1.54) is 16.6 Å². The number of ether oxygens (including phenoxy) is 1. The second-order valence-electron chi connectivity index (χ2n) is 5.57. The monoisotopic (exact) mass is 373 g/mol. The number of rotatable bonds is 7. The fraction of sp³-hybridized carbons (Fsp3) is 0.278. The summed E-state index contributed by atoms with van der Waals surface area (Å²) in [4.78, 5) is 13.9. The van der Waals surface area contributed by atoms with Crippen molar-refractivity contribution in [2.75, 3.05) is 7.11 Å². The minimum Gasteiger partial charge on any atom is -0.497 e. The molecular formula is C18H19N3O2S2. The first-order chi connectivity index (χ1) is 12.1. The van der Waals surface area contributed by atoms with E-state index in [-0.39, 0.29) is 11.0 Å². The number of thiophene rings is 1. The number of ketones is 1. The van der Waals surface area contributed by atoms with Crippen LogP contribution in [0.2, 0.25) is 0 Å². The zero-order chi connectivity index (χ0) is 17.8. The van der Waals surface area contributed by atoms with Crippen LogP contribution in [0.4, 0.5) is 0 Å². The molecule has 5 nitrogen and oxygen atoms in total. The van der Waals surface area contributed by atoms with Crippen molar-refractivity contribution >= 4 is 28.9 Å². The third-order valence-electron chi connectivity index (χ3n) is 3.86. The minimum absolute atomic E-state index is 0.0652. The average molecular weight is 374 g/mol. The molecule has 7 heteroatoms. The molecule has 2 aromatic heterocycles. The van der Waals surface area contributed by atoms with Gasteiger partial charge in [-0.1, -0.05) is 17.8 Å². The number of carbonyl (C=O) groups excluding carboxylic acids is 1. The Hall–Kier alpha value is -2.12. The van der Waals surface area contributed by atoms with Gasteiger partial charge >= 0.3 is 0 Å². The van der Waals surface area contributed by atoms with Gasteiger partial charge in [0.1, 0.15) is 11.6 Å². The highest BCUT2D eigenvalue weighted by Crippen LogP contribution is 2.26. The predicted molar refractivity (Wildman–Crippen MR) is 101 cm³/mol. The number of Topliss-reactive ketones (excluding diaryl/α,β-unsaturated/α-hetero) is 1. The molecule has 0 aliphatic carbocycles. The number of hydrogen-bond acceptors (Lipinski definition) is 6. The van der Waals surface area contributed by atoms with Crippen LogP contribution in [0.1, 0.15) is 28.0 Å². The van der Waals surface area contributed by atoms with Crippen molar-refractivity contribution in [3.05, 3.63) is 58.0 Å². The fourth-order valence-corrected chi connectivity index (χ4v) is 3.98. The summed E-state index contributed by atoms with van der Waals surface area (Å²) in [6.07, 6.45) is 0.753. The van der Waals surface area contributed by atoms with Gasteiger partial charge < -0.3 is 9.30 Å². The summed E-state index contributed by atoms with van der Waals surface area (Å²) >= 11 is 3.13. The zero-order valence-electron chi connectivity index (χ0n) is 14.3. The molecule has 3 rings (SSSR count). The minimum atomic E-state index is -0.245. The van der Waals surface area contributed by atoms with E-state index < -0.39 is 0 Å². The first kappa shape index (κ1) is 17.7. The van der Waals surface area contributed by atoms with Crippen LogP contribution in [0.3, 0.4) is 0 Å². The number of nitrogens with zero attached hydrogens (tertiary/aromatic N) is 3. The number of methoxy groups -OCH3 is 1. The molecule has 0 fully saturated rings. The van der Waals surface area contributed by atoms with Crippen LogP contribution in [0.15, 0.2) is 46.9 Å². The van der Waals surface area contributed by atoms with Crippen LogP contribution in [-0.4, -0.2) is 32.9 Å². The highest BCUT2D eigenvalue weighted by Gasteiger charge is 2.20. The van der Waals surface area contributed by atoms with Gasteiger partial charge in [0.15, 0.2) is 10.9 Å². The molecule has 0 unspecified atom stereocenters. The molecule has 0 radical (unpaired) electrons. The van der Waals surface area contributed by atoms with Crippen LogP contribution in [0.25, 0.3) is 0 Å². The summed E-state index contributed by atoms with van der Waals surface area (Å²) in [5, 5.41) is 11.1. The molecule has 0 spiro atoms. The summed E-state index contributed by atoms with van der Waals surface area (Å²) in [5.41, 5.74) is 0.668. The van der Waals surface area contributed by atoms with Crippen LogP contribution in [0, 0.1) is 0 Å². The number of carbonyl (C=O) groups is 1. The Morgan fingerprint density at radius 2 is 2.04 bits per heavy atom. The van der Waals surface area contributed by atoms with Crippen molar-refractivity contribution in [2.45, 2.75) is 23.8 Å². The largest absolute Gasteiger partial charge is 0.497 e. The van der Waals surface area contributed by atoms with Gasteiger partial charge in [-0.25, -0.2) is 0 Å². The molecule has 3 aromatic rings. The third-order valence-corrected chi connectivity index (χ3v) is 5.87. The first-order valence-corrected chi connectivity index (χ1v) is 9.60. The van der Waals surface area contributed by atoms with Crippen LogP contribution >= 0.6 is 23.1 Å². The van der Waals surface area contributed by atoms with Gasteiger partial charge in [-0.05, 0) is 42.6 Å². The molecule has 25 heavy (non-hydrogen) atoms. The number of thioether (sulfide) groups is 1. The molecule has 0 bridgehead atoms. The highest BCUT2D eigenvalue weighted by atomic mass is 32.2. The van der Waals surface area contributed by atoms with Crippen molar-refractivity contribution in [3.8, 4) is 5.75 Å². The lowest BCUT2D eigenvalue weighted by Crippen LogP contribution is -2.14. The van der Waals surface area contributed by atoms with Gasteiger partial charge in [0.05, 0.1) is 12.4 Å². The van der Waals surface area contributed by atoms with Gasteiger partial charge in [-0.3, -0.25) is 4.79 Å². The molecule has 130 valence electrons. The smallest absolute Gasteiger partial charge is 0.191 e. The lowest BCUT2D eigenvalue weighted by molar-refractivity contribution is 0.0994. The average Bonchev–Trinajstić information content (AvgIpc) is 3.26. The molecule has 0 N–H and O–H groups in total. The molecule has 0 saturated carbocycles. The molecule has 2 heterocycles. The Morgan fingerprint density at radius 1 is 1.28 bits per heavy atom. The fourth-order valence-electron chi connectivity index (χ4n) is 2.37. The SMILES string of the molecule is COc1ccc(C(=O)[C@H](C)Sc2nnc(Cc3cccs3)n2C)cc1. The van der Waals surface area contributed by atoms with Crippen LogP contribution < -0.4 is 4.74 Å². The van der Waals surface area contributed by atoms with Gasteiger partial charge in [0, 0.05) is 23.9 Å². The second kappa shape index (κ2) is 7.84. The van der Waals surface area contributed by atoms with Crippen molar-refractivity contribution in [1.82, 2.24) is 14.8 Å². The van der Waals surface area contributed by atoms with E-state index >= 15 is 0 Å². The Kier molecular flexibility index (Phi) is 5.55. The first-order valence-electron chi connectivity index (χ1n) is 7.84. The Morgan fingerprint density at radius 3 is 2.68 bits per heavy atom. The van der Waals surface area contributed by atoms with Crippen molar-refractivity contribution in [2.24, 2.45) is 7.05 Å². The van der Waals surface area contributed by atoms with Gasteiger partial charge in [0.25, 0.3) is 0 Å². The number of benzene rings is 1. The molecule has 0 aliphatic heterocycles. The van der Waals surface area contributed by atoms with E-state index in [0.29, 0.717) is 5.56 Å². The second-order valence-corrected chi connectivity index (χ2v) is 7.91. The normalized spacial score (nSPS) is 12.1. The number of hydrogen-bond donors (Lipinski definition) is 0. The lowest BCUT2D eigenvalue weighted by atomic mass is 10.1. The van der Waals surface area contributed by atoms with Gasteiger partial charge in [-0.15, -0.1) is 21.5 Å². The quantitative estimate of drug-likeness (QED) is 0.465. The topological polar surface area (TPSA) is 57.0 Å². The maximum atomic E-state index is 12.6. The van der Waals surface area contributed by atoms with Crippen molar-refractivity contribution in [1.29, 1.82) is 0 Å². The van der Waals surface area contributed by atoms with Gasteiger partial charge in [0.2, 0.25) is 0 Å². The predicted octanol–water partition coefficient (Wildman–Crippen LogP) is 3.84. The standard InChI is InChI=1S/C18H19N3O2S2/c1-12(17(22)13-6-8-14(23-3)9-7-13)25-18-20-19-16(21(18)2)11-15-5-4-10-24-15/h4-10,12H,11H2,1-3H3/t12-/m0/s1. The van der Waals surface area contributed by atoms with E-state index in [1.807, 2.05) is 24.6 Å². The maximum Gasteiger partial charge on any atom is 0.191 e. The maximum absolute atomic E-state index is 12.6. The van der Waals surface area contributed by atoms with E-state index in [0.717, 1.165) is 23.2 Å². The molecule has 0 saturated heterocycles. The summed E-state index contributed by atoms with van der Waals surface area (Å²) in [6.45, 7) is 1.89. The summed E-state index contributed by atoms with van der Waals surface area (Å²) in [6, 6.07) is 11.3. The van der Waals surface area contributed by atoms with Crippen LogP contribution in [-0.2, 0) is 13.5 Å². The van der Waals surface area contributed by atoms with Gasteiger partial charge in [-0.2, -0.15) is 0 Å². The molecule has 0 amide bonds. The molecule has 0 aliphatic rings. The van der Waals surface area contributed by atoms with E-state index in [2.05, 4.69) is 21.6 Å². The van der Waals surface area contributed by atoms with Crippen molar-refractivity contribution in [3.63, 3.8) is 0 Å². The third kappa shape index (κ3) is 4.11. The summed E-state index contributed by atoms with van der Waals surface area (Å²) < 4.78 is 7.09. The van der Waals surface area contributed by atoms with Crippen molar-refractivity contribution < 1.29 is 9.53 Å². The Bertz CT molecular complexity index is 842. The van der Waals surface area contributed by atoms with E-state index in [4.69, 9.17) is 4.74 Å². The molecule has 1 aromatic carbocycles. The highest BCUT2D eigenvalue weighted by molar-refractivity contribution is 8.00. The summed E-state index contributed by atoms with van der Waals surface area (Å²) in [5.74, 6) is 1.70. The Balaban J connectivity index is 1.68. The summed E-state index contributed by atoms with van der Waals surface area (Å²) in [7, 11) is 3.55. The van der Waals surface area contributed by atoms with E-state index in [1.54, 1.807) is 42.7 Å². The number of aromatic nitrogens is 3. The molecule has 1 atom stereocenters. The van der Waals surface area contributed by atoms with Crippen LogP contribution in [0.5, 0.6) is 5.75 Å². The molecular weight excluding hydrogens is 354 g/mol. The Labute approximate surface area is 155 Å². The lowest BCUT2D eigenvalue weighted by Gasteiger charge is -2.10. The zero-order valence-corrected chi connectivity index (χ0v) is 15.9.